The highest BCUT2D eigenvalue weighted by molar-refractivity contribution is 5.24. The zero-order valence-corrected chi connectivity index (χ0v) is 9.68. The lowest BCUT2D eigenvalue weighted by Gasteiger charge is -2.09. The summed E-state index contributed by atoms with van der Waals surface area (Å²) in [4.78, 5) is 9.76. The molecule has 0 aliphatic carbocycles. The predicted octanol–water partition coefficient (Wildman–Crippen LogP) is 2.71. The first-order chi connectivity index (χ1) is 8.99. The van der Waals surface area contributed by atoms with Gasteiger partial charge in [0.15, 0.2) is 11.6 Å². The van der Waals surface area contributed by atoms with Crippen LogP contribution in [0.3, 0.4) is 0 Å². The van der Waals surface area contributed by atoms with E-state index in [9.17, 15) is 18.9 Å². The standard InChI is InChI=1S/C12H10F2N2O3/c13-8-3-1-2-7(12(8)14)6-9(15)10-4-5-11(19-10)16(17)18/h1-5,9H,6,15H2. The van der Waals surface area contributed by atoms with E-state index >= 15 is 0 Å². The maximum atomic E-state index is 13.4. The fraction of sp³-hybridized carbons (Fsp3) is 0.167. The molecule has 19 heavy (non-hydrogen) atoms. The smallest absolute Gasteiger partial charge is 0.404 e. The summed E-state index contributed by atoms with van der Waals surface area (Å²) in [6.45, 7) is 0. The Morgan fingerprint density at radius 3 is 2.68 bits per heavy atom. The molecular formula is C12H10F2N2O3. The number of hydrogen-bond acceptors (Lipinski definition) is 4. The predicted molar refractivity (Wildman–Crippen MR) is 62.4 cm³/mol. The zero-order chi connectivity index (χ0) is 14.0. The number of benzene rings is 1. The highest BCUT2D eigenvalue weighted by Gasteiger charge is 2.19. The van der Waals surface area contributed by atoms with Gasteiger partial charge in [-0.15, -0.1) is 0 Å². The number of nitrogens with zero attached hydrogens (tertiary/aromatic N) is 1. The number of furan rings is 1. The molecule has 0 fully saturated rings. The first kappa shape index (κ1) is 13.2. The Balaban J connectivity index is 2.18. The average Bonchev–Trinajstić information content (AvgIpc) is 2.84. The molecule has 0 spiro atoms. The van der Waals surface area contributed by atoms with Crippen LogP contribution >= 0.6 is 0 Å². The van der Waals surface area contributed by atoms with Crippen molar-refractivity contribution in [2.24, 2.45) is 5.73 Å². The van der Waals surface area contributed by atoms with Crippen molar-refractivity contribution in [2.45, 2.75) is 12.5 Å². The van der Waals surface area contributed by atoms with Crippen LogP contribution in [-0.2, 0) is 6.42 Å². The van der Waals surface area contributed by atoms with Crippen molar-refractivity contribution in [2.75, 3.05) is 0 Å². The molecule has 0 bridgehead atoms. The van der Waals surface area contributed by atoms with E-state index in [-0.39, 0.29) is 17.7 Å². The van der Waals surface area contributed by atoms with Crippen LogP contribution in [-0.4, -0.2) is 4.92 Å². The normalized spacial score (nSPS) is 12.4. The summed E-state index contributed by atoms with van der Waals surface area (Å²) in [6.07, 6.45) is -0.0196. The molecule has 100 valence electrons. The number of nitro groups is 1. The molecule has 0 saturated heterocycles. The van der Waals surface area contributed by atoms with Crippen molar-refractivity contribution in [1.29, 1.82) is 0 Å². The molecule has 2 rings (SSSR count). The van der Waals surface area contributed by atoms with Crippen molar-refractivity contribution in [1.82, 2.24) is 0 Å². The van der Waals surface area contributed by atoms with Crippen LogP contribution in [0.25, 0.3) is 0 Å². The molecule has 0 aliphatic rings. The summed E-state index contributed by atoms with van der Waals surface area (Å²) in [5.41, 5.74) is 5.84. The Hall–Kier alpha value is -2.28. The van der Waals surface area contributed by atoms with Crippen molar-refractivity contribution >= 4 is 5.88 Å². The monoisotopic (exact) mass is 268 g/mol. The van der Waals surface area contributed by atoms with Crippen LogP contribution in [0.1, 0.15) is 17.4 Å². The molecule has 7 heteroatoms. The number of hydrogen-bond donors (Lipinski definition) is 1. The van der Waals surface area contributed by atoms with Crippen LogP contribution in [0.5, 0.6) is 0 Å². The minimum atomic E-state index is -0.973. The number of nitrogens with two attached hydrogens (primary N) is 1. The fourth-order valence-corrected chi connectivity index (χ4v) is 1.68. The summed E-state index contributed by atoms with van der Waals surface area (Å²) < 4.78 is 31.4. The molecule has 2 N–H and O–H groups in total. The first-order valence-electron chi connectivity index (χ1n) is 5.41. The van der Waals surface area contributed by atoms with E-state index < -0.39 is 28.5 Å². The molecule has 0 amide bonds. The molecule has 1 aromatic heterocycles. The molecule has 5 nitrogen and oxygen atoms in total. The van der Waals surface area contributed by atoms with Crippen molar-refractivity contribution < 1.29 is 18.1 Å². The van der Waals surface area contributed by atoms with E-state index in [2.05, 4.69) is 0 Å². The highest BCUT2D eigenvalue weighted by Crippen LogP contribution is 2.24. The summed E-state index contributed by atoms with van der Waals surface area (Å²) in [6, 6.07) is 5.49. The largest absolute Gasteiger partial charge is 0.433 e. The molecule has 0 aliphatic heterocycles. The van der Waals surface area contributed by atoms with E-state index in [1.165, 1.54) is 18.2 Å². The van der Waals surface area contributed by atoms with Crippen molar-refractivity contribution in [3.8, 4) is 0 Å². The van der Waals surface area contributed by atoms with Gasteiger partial charge < -0.3 is 10.2 Å². The lowest BCUT2D eigenvalue weighted by molar-refractivity contribution is -0.402. The number of rotatable bonds is 4. The molecular weight excluding hydrogens is 258 g/mol. The SMILES string of the molecule is NC(Cc1cccc(F)c1F)c1ccc([N+](=O)[O-])o1. The maximum Gasteiger partial charge on any atom is 0.433 e. The van der Waals surface area contributed by atoms with Crippen LogP contribution in [0.4, 0.5) is 14.7 Å². The maximum absolute atomic E-state index is 13.4. The minimum absolute atomic E-state index is 0.0196. The van der Waals surface area contributed by atoms with Gasteiger partial charge in [-0.2, -0.15) is 0 Å². The Bertz CT molecular complexity index is 613. The van der Waals surface area contributed by atoms with Gasteiger partial charge in [-0.3, -0.25) is 10.1 Å². The van der Waals surface area contributed by atoms with Gasteiger partial charge in [0, 0.05) is 0 Å². The molecule has 1 aromatic carbocycles. The van der Waals surface area contributed by atoms with E-state index in [1.807, 2.05) is 0 Å². The second-order valence-corrected chi connectivity index (χ2v) is 3.96. The quantitative estimate of drug-likeness (QED) is 0.682. The van der Waals surface area contributed by atoms with Gasteiger partial charge in [-0.1, -0.05) is 12.1 Å². The second kappa shape index (κ2) is 5.15. The minimum Gasteiger partial charge on any atom is -0.404 e. The summed E-state index contributed by atoms with van der Waals surface area (Å²) >= 11 is 0. The van der Waals surface area contributed by atoms with Gasteiger partial charge in [0.25, 0.3) is 0 Å². The molecule has 1 unspecified atom stereocenters. The molecule has 0 radical (unpaired) electrons. The van der Waals surface area contributed by atoms with Gasteiger partial charge in [0.2, 0.25) is 0 Å². The van der Waals surface area contributed by atoms with E-state index in [4.69, 9.17) is 10.2 Å². The van der Waals surface area contributed by atoms with Gasteiger partial charge in [0.1, 0.15) is 10.7 Å². The summed E-state index contributed by atoms with van der Waals surface area (Å²) in [5.74, 6) is -2.23. The van der Waals surface area contributed by atoms with E-state index in [1.54, 1.807) is 0 Å². The average molecular weight is 268 g/mol. The molecule has 1 heterocycles. The molecule has 1 atom stereocenters. The van der Waals surface area contributed by atoms with Gasteiger partial charge in [-0.25, -0.2) is 8.78 Å². The summed E-state index contributed by atoms with van der Waals surface area (Å²) in [5, 5.41) is 10.5. The lowest BCUT2D eigenvalue weighted by Crippen LogP contribution is -2.13. The van der Waals surface area contributed by atoms with Gasteiger partial charge in [0.05, 0.1) is 12.1 Å². The third-order valence-corrected chi connectivity index (χ3v) is 2.63. The Labute approximate surface area is 106 Å². The van der Waals surface area contributed by atoms with Gasteiger partial charge in [-0.05, 0) is 24.1 Å². The Morgan fingerprint density at radius 2 is 2.05 bits per heavy atom. The third-order valence-electron chi connectivity index (χ3n) is 2.63. The van der Waals surface area contributed by atoms with Crippen LogP contribution in [0.2, 0.25) is 0 Å². The Morgan fingerprint density at radius 1 is 1.32 bits per heavy atom. The third kappa shape index (κ3) is 2.76. The number of halogens is 2. The highest BCUT2D eigenvalue weighted by atomic mass is 19.2. The molecule has 0 saturated carbocycles. The van der Waals surface area contributed by atoms with E-state index in [0.717, 1.165) is 12.1 Å². The van der Waals surface area contributed by atoms with Crippen LogP contribution in [0.15, 0.2) is 34.7 Å². The topological polar surface area (TPSA) is 82.3 Å². The fourth-order valence-electron chi connectivity index (χ4n) is 1.68. The van der Waals surface area contributed by atoms with Crippen LogP contribution in [0, 0.1) is 21.7 Å². The lowest BCUT2D eigenvalue weighted by atomic mass is 10.0. The second-order valence-electron chi connectivity index (χ2n) is 3.96. The van der Waals surface area contributed by atoms with Crippen LogP contribution < -0.4 is 5.73 Å². The Kier molecular flexibility index (Phi) is 3.57. The first-order valence-corrected chi connectivity index (χ1v) is 5.41. The molecule has 2 aromatic rings. The van der Waals surface area contributed by atoms with Crippen molar-refractivity contribution in [3.05, 3.63) is 63.4 Å². The summed E-state index contributed by atoms with van der Waals surface area (Å²) in [7, 11) is 0. The zero-order valence-electron chi connectivity index (χ0n) is 9.68. The van der Waals surface area contributed by atoms with Gasteiger partial charge >= 0.3 is 5.88 Å². The van der Waals surface area contributed by atoms with E-state index in [0.29, 0.717) is 0 Å². The van der Waals surface area contributed by atoms with Crippen molar-refractivity contribution in [3.63, 3.8) is 0 Å².